The molecule has 1 spiro atoms. The Morgan fingerprint density at radius 1 is 1.50 bits per heavy atom. The summed E-state index contributed by atoms with van der Waals surface area (Å²) in [6.07, 6.45) is 2.94. The Morgan fingerprint density at radius 3 is 2.90 bits per heavy atom. The first-order chi connectivity index (χ1) is 4.83. The van der Waals surface area contributed by atoms with Gasteiger partial charge in [0.1, 0.15) is 5.54 Å². The number of ether oxygens (including phenoxy) is 1. The molecule has 2 aliphatic rings. The molecule has 2 saturated heterocycles. The Labute approximate surface area is 59.7 Å². The lowest BCUT2D eigenvalue weighted by Crippen LogP contribution is -2.43. The van der Waals surface area contributed by atoms with Crippen LogP contribution in [0.2, 0.25) is 0 Å². The van der Waals surface area contributed by atoms with Crippen molar-refractivity contribution in [3.63, 3.8) is 0 Å². The van der Waals surface area contributed by atoms with E-state index < -0.39 is 0 Å². The standard InChI is InChI=1S/C7H11NO2/c9-6-7(3-5-10-6)2-1-4-8-7/h8H,1-5H2/t7-/m0/s1. The molecule has 2 aliphatic heterocycles. The lowest BCUT2D eigenvalue weighted by molar-refractivity contribution is -0.142. The number of carbonyl (C=O) groups excluding carboxylic acids is 1. The minimum absolute atomic E-state index is 0.0370. The fourth-order valence-corrected chi connectivity index (χ4v) is 1.75. The van der Waals surface area contributed by atoms with Crippen LogP contribution in [0.4, 0.5) is 0 Å². The van der Waals surface area contributed by atoms with Crippen molar-refractivity contribution in [2.45, 2.75) is 24.8 Å². The Bertz CT molecular complexity index is 155. The minimum atomic E-state index is -0.264. The van der Waals surface area contributed by atoms with Crippen LogP contribution >= 0.6 is 0 Å². The fraction of sp³-hybridized carbons (Fsp3) is 0.857. The lowest BCUT2D eigenvalue weighted by atomic mass is 9.96. The van der Waals surface area contributed by atoms with Gasteiger partial charge < -0.3 is 10.1 Å². The summed E-state index contributed by atoms with van der Waals surface area (Å²) in [6.45, 7) is 1.57. The maximum Gasteiger partial charge on any atom is 0.326 e. The van der Waals surface area contributed by atoms with E-state index in [1.807, 2.05) is 0 Å². The lowest BCUT2D eigenvalue weighted by Gasteiger charge is -2.16. The van der Waals surface area contributed by atoms with E-state index in [1.165, 1.54) is 0 Å². The van der Waals surface area contributed by atoms with E-state index in [2.05, 4.69) is 5.32 Å². The average Bonchev–Trinajstić information content (AvgIpc) is 2.48. The van der Waals surface area contributed by atoms with Crippen LogP contribution in [0.15, 0.2) is 0 Å². The SMILES string of the molecule is O=C1OCC[C@@]12CCCN2. The third-order valence-corrected chi connectivity index (χ3v) is 2.40. The van der Waals surface area contributed by atoms with Gasteiger partial charge in [-0.3, -0.25) is 4.79 Å². The quantitative estimate of drug-likeness (QED) is 0.485. The van der Waals surface area contributed by atoms with Crippen molar-refractivity contribution < 1.29 is 9.53 Å². The van der Waals surface area contributed by atoms with E-state index in [1.54, 1.807) is 0 Å². The van der Waals surface area contributed by atoms with Crippen LogP contribution in [0, 0.1) is 0 Å². The Hall–Kier alpha value is -0.570. The summed E-state index contributed by atoms with van der Waals surface area (Å²) < 4.78 is 4.89. The minimum Gasteiger partial charge on any atom is -0.464 e. The Balaban J connectivity index is 2.19. The van der Waals surface area contributed by atoms with Crippen LogP contribution in [0.3, 0.4) is 0 Å². The number of rotatable bonds is 0. The normalized spacial score (nSPS) is 39.0. The van der Waals surface area contributed by atoms with Gasteiger partial charge in [0, 0.05) is 6.42 Å². The van der Waals surface area contributed by atoms with Gasteiger partial charge in [0.2, 0.25) is 0 Å². The molecule has 10 heavy (non-hydrogen) atoms. The summed E-state index contributed by atoms with van der Waals surface area (Å²) in [7, 11) is 0. The van der Waals surface area contributed by atoms with Crippen LogP contribution in [0.1, 0.15) is 19.3 Å². The van der Waals surface area contributed by atoms with Crippen LogP contribution in [-0.2, 0) is 9.53 Å². The Morgan fingerprint density at radius 2 is 2.40 bits per heavy atom. The second-order valence-electron chi connectivity index (χ2n) is 3.00. The smallest absolute Gasteiger partial charge is 0.326 e. The molecule has 0 aromatic rings. The zero-order chi connectivity index (χ0) is 7.03. The van der Waals surface area contributed by atoms with E-state index in [0.717, 1.165) is 25.8 Å². The van der Waals surface area contributed by atoms with Crippen LogP contribution in [-0.4, -0.2) is 24.7 Å². The van der Waals surface area contributed by atoms with Crippen molar-refractivity contribution in [1.29, 1.82) is 0 Å². The van der Waals surface area contributed by atoms with Crippen LogP contribution in [0.25, 0.3) is 0 Å². The molecule has 0 saturated carbocycles. The monoisotopic (exact) mass is 141 g/mol. The summed E-state index contributed by atoms with van der Waals surface area (Å²) >= 11 is 0. The molecule has 0 aliphatic carbocycles. The molecule has 0 radical (unpaired) electrons. The molecular weight excluding hydrogens is 130 g/mol. The second kappa shape index (κ2) is 1.95. The molecule has 2 heterocycles. The summed E-state index contributed by atoms with van der Waals surface area (Å²) in [6, 6.07) is 0. The topological polar surface area (TPSA) is 38.3 Å². The van der Waals surface area contributed by atoms with E-state index >= 15 is 0 Å². The first-order valence-corrected chi connectivity index (χ1v) is 3.76. The van der Waals surface area contributed by atoms with Crippen molar-refractivity contribution in [1.82, 2.24) is 5.32 Å². The van der Waals surface area contributed by atoms with Gasteiger partial charge >= 0.3 is 5.97 Å². The highest BCUT2D eigenvalue weighted by molar-refractivity contribution is 5.83. The van der Waals surface area contributed by atoms with Gasteiger partial charge in [0.15, 0.2) is 0 Å². The van der Waals surface area contributed by atoms with Crippen molar-refractivity contribution in [3.05, 3.63) is 0 Å². The van der Waals surface area contributed by atoms with Crippen LogP contribution < -0.4 is 5.32 Å². The molecule has 0 amide bonds. The largest absolute Gasteiger partial charge is 0.464 e. The molecule has 0 aromatic carbocycles. The summed E-state index contributed by atoms with van der Waals surface area (Å²) in [4.78, 5) is 11.1. The third-order valence-electron chi connectivity index (χ3n) is 2.40. The van der Waals surface area contributed by atoms with Crippen molar-refractivity contribution in [2.24, 2.45) is 0 Å². The molecule has 1 N–H and O–H groups in total. The first kappa shape index (κ1) is 6.16. The van der Waals surface area contributed by atoms with E-state index in [9.17, 15) is 4.79 Å². The third kappa shape index (κ3) is 0.669. The van der Waals surface area contributed by atoms with Crippen molar-refractivity contribution in [3.8, 4) is 0 Å². The van der Waals surface area contributed by atoms with Gasteiger partial charge in [-0.15, -0.1) is 0 Å². The van der Waals surface area contributed by atoms with E-state index in [4.69, 9.17) is 4.74 Å². The molecule has 3 nitrogen and oxygen atoms in total. The first-order valence-electron chi connectivity index (χ1n) is 3.76. The molecule has 56 valence electrons. The number of cyclic esters (lactones) is 1. The predicted molar refractivity (Wildman–Crippen MR) is 35.5 cm³/mol. The van der Waals surface area contributed by atoms with Crippen molar-refractivity contribution in [2.75, 3.05) is 13.2 Å². The van der Waals surface area contributed by atoms with Gasteiger partial charge in [-0.05, 0) is 19.4 Å². The molecule has 0 bridgehead atoms. The second-order valence-corrected chi connectivity index (χ2v) is 3.00. The molecule has 1 atom stereocenters. The van der Waals surface area contributed by atoms with Crippen LogP contribution in [0.5, 0.6) is 0 Å². The molecule has 2 fully saturated rings. The number of hydrogen-bond acceptors (Lipinski definition) is 3. The van der Waals surface area contributed by atoms with E-state index in [0.29, 0.717) is 6.61 Å². The molecular formula is C7H11NO2. The summed E-state index contributed by atoms with van der Waals surface area (Å²) in [5, 5.41) is 3.21. The van der Waals surface area contributed by atoms with Gasteiger partial charge in [0.05, 0.1) is 6.61 Å². The zero-order valence-corrected chi connectivity index (χ0v) is 5.85. The number of hydrogen-bond donors (Lipinski definition) is 1. The maximum absolute atomic E-state index is 11.1. The summed E-state index contributed by atoms with van der Waals surface area (Å²) in [5.41, 5.74) is -0.264. The Kier molecular flexibility index (Phi) is 1.20. The van der Waals surface area contributed by atoms with Gasteiger partial charge in [-0.1, -0.05) is 0 Å². The highest BCUT2D eigenvalue weighted by atomic mass is 16.5. The number of carbonyl (C=O) groups is 1. The highest BCUT2D eigenvalue weighted by Crippen LogP contribution is 2.28. The predicted octanol–water partition coefficient (Wildman–Crippen LogP) is 0.0555. The average molecular weight is 141 g/mol. The summed E-state index contributed by atoms with van der Waals surface area (Å²) in [5.74, 6) is -0.0370. The molecule has 0 unspecified atom stereocenters. The van der Waals surface area contributed by atoms with Gasteiger partial charge in [-0.25, -0.2) is 0 Å². The number of esters is 1. The van der Waals surface area contributed by atoms with E-state index in [-0.39, 0.29) is 11.5 Å². The number of nitrogens with one attached hydrogen (secondary N) is 1. The van der Waals surface area contributed by atoms with Crippen molar-refractivity contribution >= 4 is 5.97 Å². The maximum atomic E-state index is 11.1. The zero-order valence-electron chi connectivity index (χ0n) is 5.85. The van der Waals surface area contributed by atoms with Gasteiger partial charge in [0.25, 0.3) is 0 Å². The molecule has 0 aromatic heterocycles. The molecule has 3 heteroatoms. The molecule has 2 rings (SSSR count). The fourth-order valence-electron chi connectivity index (χ4n) is 1.75. The van der Waals surface area contributed by atoms with Gasteiger partial charge in [-0.2, -0.15) is 0 Å². The highest BCUT2D eigenvalue weighted by Gasteiger charge is 2.46.